The van der Waals surface area contributed by atoms with E-state index in [4.69, 9.17) is 10.6 Å². The minimum atomic E-state index is 0.578. The summed E-state index contributed by atoms with van der Waals surface area (Å²) in [6.07, 6.45) is 0. The zero-order valence-electron chi connectivity index (χ0n) is 11.0. The molecule has 0 aliphatic rings. The van der Waals surface area contributed by atoms with Crippen LogP contribution in [0.25, 0.3) is 11.4 Å². The minimum absolute atomic E-state index is 0.578. The molecule has 2 rings (SSSR count). The number of rotatable bonds is 3. The van der Waals surface area contributed by atoms with Crippen molar-refractivity contribution >= 4 is 21.7 Å². The molecule has 0 amide bonds. The summed E-state index contributed by atoms with van der Waals surface area (Å²) < 4.78 is 6.28. The van der Waals surface area contributed by atoms with Gasteiger partial charge in [0.15, 0.2) is 5.82 Å². The molecule has 100 valence electrons. The third-order valence-electron chi connectivity index (χ3n) is 2.93. The largest absolute Gasteiger partial charge is 0.496 e. The van der Waals surface area contributed by atoms with Gasteiger partial charge in [-0.1, -0.05) is 15.9 Å². The molecule has 3 N–H and O–H groups in total. The Morgan fingerprint density at radius 1 is 1.26 bits per heavy atom. The Balaban J connectivity index is 2.65. The smallest absolute Gasteiger partial charge is 0.165 e. The number of ether oxygens (including phenoxy) is 1. The van der Waals surface area contributed by atoms with Crippen LogP contribution in [0.4, 0.5) is 5.82 Å². The maximum absolute atomic E-state index is 5.49. The van der Waals surface area contributed by atoms with Gasteiger partial charge in [0.05, 0.1) is 12.7 Å². The molecule has 19 heavy (non-hydrogen) atoms. The van der Waals surface area contributed by atoms with Crippen LogP contribution in [0.1, 0.15) is 11.3 Å². The van der Waals surface area contributed by atoms with Gasteiger partial charge in [-0.3, -0.25) is 0 Å². The summed E-state index contributed by atoms with van der Waals surface area (Å²) in [4.78, 5) is 8.92. The zero-order chi connectivity index (χ0) is 14.0. The van der Waals surface area contributed by atoms with Gasteiger partial charge >= 0.3 is 0 Å². The number of nitrogens with zero attached hydrogens (tertiary/aromatic N) is 2. The van der Waals surface area contributed by atoms with E-state index in [0.29, 0.717) is 11.6 Å². The van der Waals surface area contributed by atoms with Crippen molar-refractivity contribution in [2.24, 2.45) is 5.84 Å². The molecule has 0 aliphatic carbocycles. The number of hydrazine groups is 1. The van der Waals surface area contributed by atoms with E-state index in [1.807, 2.05) is 32.0 Å². The van der Waals surface area contributed by atoms with E-state index in [1.165, 1.54) is 0 Å². The predicted molar refractivity (Wildman–Crippen MR) is 79.0 cm³/mol. The van der Waals surface area contributed by atoms with Gasteiger partial charge in [0.2, 0.25) is 0 Å². The number of nitrogen functional groups attached to an aromatic ring is 1. The number of nitrogens with one attached hydrogen (secondary N) is 1. The van der Waals surface area contributed by atoms with Gasteiger partial charge in [-0.25, -0.2) is 15.8 Å². The average Bonchev–Trinajstić information content (AvgIpc) is 2.41. The first-order valence-electron chi connectivity index (χ1n) is 5.72. The van der Waals surface area contributed by atoms with E-state index < -0.39 is 0 Å². The van der Waals surface area contributed by atoms with Crippen LogP contribution in [-0.4, -0.2) is 17.1 Å². The van der Waals surface area contributed by atoms with Crippen molar-refractivity contribution in [2.45, 2.75) is 13.8 Å². The highest BCUT2D eigenvalue weighted by Crippen LogP contribution is 2.31. The second-order valence-corrected chi connectivity index (χ2v) is 5.01. The van der Waals surface area contributed by atoms with Crippen LogP contribution in [-0.2, 0) is 0 Å². The number of hydrogen-bond donors (Lipinski definition) is 2. The lowest BCUT2D eigenvalue weighted by atomic mass is 10.1. The number of halogens is 1. The molecular formula is C13H15BrN4O. The summed E-state index contributed by atoms with van der Waals surface area (Å²) in [5, 5.41) is 0. The summed E-state index contributed by atoms with van der Waals surface area (Å²) in [7, 11) is 1.62. The van der Waals surface area contributed by atoms with Crippen LogP contribution in [0.5, 0.6) is 5.75 Å². The Morgan fingerprint density at radius 3 is 2.63 bits per heavy atom. The molecule has 5 nitrogen and oxygen atoms in total. The molecule has 0 aliphatic heterocycles. The van der Waals surface area contributed by atoms with Crippen LogP contribution < -0.4 is 16.0 Å². The van der Waals surface area contributed by atoms with Gasteiger partial charge < -0.3 is 10.2 Å². The molecular weight excluding hydrogens is 308 g/mol. The lowest BCUT2D eigenvalue weighted by molar-refractivity contribution is 0.416. The third kappa shape index (κ3) is 2.69. The Labute approximate surface area is 120 Å². The highest BCUT2D eigenvalue weighted by atomic mass is 79.9. The van der Waals surface area contributed by atoms with Gasteiger partial charge in [-0.15, -0.1) is 0 Å². The van der Waals surface area contributed by atoms with Crippen molar-refractivity contribution in [3.05, 3.63) is 33.9 Å². The predicted octanol–water partition coefficient (Wildman–Crippen LogP) is 2.82. The number of hydrogen-bond acceptors (Lipinski definition) is 5. The van der Waals surface area contributed by atoms with Gasteiger partial charge in [0, 0.05) is 15.7 Å². The molecule has 0 radical (unpaired) electrons. The molecule has 0 fully saturated rings. The first-order chi connectivity index (χ1) is 9.06. The van der Waals surface area contributed by atoms with Crippen LogP contribution in [0.3, 0.4) is 0 Å². The van der Waals surface area contributed by atoms with Gasteiger partial charge in [0.1, 0.15) is 11.6 Å². The van der Waals surface area contributed by atoms with E-state index >= 15 is 0 Å². The van der Waals surface area contributed by atoms with E-state index in [1.54, 1.807) is 7.11 Å². The third-order valence-corrected chi connectivity index (χ3v) is 3.42. The molecule has 0 saturated carbocycles. The molecule has 1 aromatic carbocycles. The second-order valence-electron chi connectivity index (χ2n) is 4.10. The number of benzene rings is 1. The summed E-state index contributed by atoms with van der Waals surface area (Å²) >= 11 is 3.44. The van der Waals surface area contributed by atoms with Crippen LogP contribution in [0, 0.1) is 13.8 Å². The van der Waals surface area contributed by atoms with Gasteiger partial charge in [-0.05, 0) is 32.0 Å². The van der Waals surface area contributed by atoms with Crippen LogP contribution in [0.15, 0.2) is 22.7 Å². The summed E-state index contributed by atoms with van der Waals surface area (Å²) in [6, 6.07) is 5.70. The molecule has 1 heterocycles. The monoisotopic (exact) mass is 322 g/mol. The number of methoxy groups -OCH3 is 1. The summed E-state index contributed by atoms with van der Waals surface area (Å²) in [6.45, 7) is 3.85. The maximum atomic E-state index is 5.49. The van der Waals surface area contributed by atoms with Crippen molar-refractivity contribution in [3.8, 4) is 17.1 Å². The van der Waals surface area contributed by atoms with Crippen molar-refractivity contribution in [1.29, 1.82) is 0 Å². The highest BCUT2D eigenvalue weighted by Gasteiger charge is 2.13. The number of nitrogens with two attached hydrogens (primary N) is 1. The quantitative estimate of drug-likeness (QED) is 0.671. The van der Waals surface area contributed by atoms with E-state index in [-0.39, 0.29) is 0 Å². The fourth-order valence-corrected chi connectivity index (χ4v) is 2.11. The topological polar surface area (TPSA) is 73.1 Å². The normalized spacial score (nSPS) is 10.4. The van der Waals surface area contributed by atoms with Crippen LogP contribution in [0.2, 0.25) is 0 Å². The lowest BCUT2D eigenvalue weighted by Crippen LogP contribution is -2.12. The number of anilines is 1. The van der Waals surface area contributed by atoms with Crippen molar-refractivity contribution in [1.82, 2.24) is 9.97 Å². The maximum Gasteiger partial charge on any atom is 0.165 e. The van der Waals surface area contributed by atoms with Gasteiger partial charge in [-0.2, -0.15) is 0 Å². The molecule has 0 atom stereocenters. The molecule has 1 aromatic heterocycles. The Morgan fingerprint density at radius 2 is 2.00 bits per heavy atom. The summed E-state index contributed by atoms with van der Waals surface area (Å²) in [5.41, 5.74) is 5.22. The second kappa shape index (κ2) is 5.54. The molecule has 0 saturated heterocycles. The fourth-order valence-electron chi connectivity index (χ4n) is 1.74. The SMILES string of the molecule is COc1ccc(Br)cc1-c1nc(C)c(C)c(NN)n1. The average molecular weight is 323 g/mol. The Hall–Kier alpha value is -1.66. The Kier molecular flexibility index (Phi) is 4.01. The van der Waals surface area contributed by atoms with Crippen molar-refractivity contribution in [3.63, 3.8) is 0 Å². The molecule has 6 heteroatoms. The van der Waals surface area contributed by atoms with E-state index in [9.17, 15) is 0 Å². The molecule has 0 spiro atoms. The number of aryl methyl sites for hydroxylation is 1. The first-order valence-corrected chi connectivity index (χ1v) is 6.52. The van der Waals surface area contributed by atoms with E-state index in [0.717, 1.165) is 27.0 Å². The lowest BCUT2D eigenvalue weighted by Gasteiger charge is -2.12. The first kappa shape index (κ1) is 13.8. The Bertz CT molecular complexity index is 616. The zero-order valence-corrected chi connectivity index (χ0v) is 12.6. The molecule has 0 bridgehead atoms. The van der Waals surface area contributed by atoms with E-state index in [2.05, 4.69) is 31.3 Å². The van der Waals surface area contributed by atoms with Crippen molar-refractivity contribution < 1.29 is 4.74 Å². The molecule has 2 aromatic rings. The highest BCUT2D eigenvalue weighted by molar-refractivity contribution is 9.10. The standard InChI is InChI=1S/C13H15BrN4O/c1-7-8(2)16-13(17-12(7)18-15)10-6-9(14)4-5-11(10)19-3/h4-6H,15H2,1-3H3,(H,16,17,18). The summed E-state index contributed by atoms with van der Waals surface area (Å²) in [5.74, 6) is 7.40. The number of aromatic nitrogens is 2. The minimum Gasteiger partial charge on any atom is -0.496 e. The molecule has 0 unspecified atom stereocenters. The van der Waals surface area contributed by atoms with Crippen molar-refractivity contribution in [2.75, 3.05) is 12.5 Å². The van der Waals surface area contributed by atoms with Crippen LogP contribution >= 0.6 is 15.9 Å². The van der Waals surface area contributed by atoms with Gasteiger partial charge in [0.25, 0.3) is 0 Å². The fraction of sp³-hybridized carbons (Fsp3) is 0.231.